The first-order valence-electron chi connectivity index (χ1n) is 5.75. The first kappa shape index (κ1) is 13.4. The van der Waals surface area contributed by atoms with E-state index in [0.717, 1.165) is 26.1 Å². The summed E-state index contributed by atoms with van der Waals surface area (Å²) >= 11 is 0. The van der Waals surface area contributed by atoms with Crippen molar-refractivity contribution in [1.82, 2.24) is 10.2 Å². The van der Waals surface area contributed by atoms with Gasteiger partial charge in [-0.3, -0.25) is 9.69 Å². The van der Waals surface area contributed by atoms with E-state index in [1.807, 2.05) is 0 Å². The van der Waals surface area contributed by atoms with Gasteiger partial charge in [0.15, 0.2) is 0 Å². The lowest BCUT2D eigenvalue weighted by molar-refractivity contribution is -0.124. The van der Waals surface area contributed by atoms with Crippen LogP contribution in [-0.4, -0.2) is 55.7 Å². The van der Waals surface area contributed by atoms with Crippen molar-refractivity contribution in [2.45, 2.75) is 31.9 Å². The minimum Gasteiger partial charge on any atom is -0.379 e. The Kier molecular flexibility index (Phi) is 4.70. The quantitative estimate of drug-likeness (QED) is 0.671. The number of carbonyl (C=O) groups excluding carboxylic acids is 1. The zero-order valence-corrected chi connectivity index (χ0v) is 10.5. The summed E-state index contributed by atoms with van der Waals surface area (Å²) in [4.78, 5) is 13.4. The molecule has 1 fully saturated rings. The van der Waals surface area contributed by atoms with Gasteiger partial charge >= 0.3 is 0 Å². The Balaban J connectivity index is 2.47. The van der Waals surface area contributed by atoms with Crippen molar-refractivity contribution in [3.05, 3.63) is 0 Å². The van der Waals surface area contributed by atoms with E-state index < -0.39 is 0 Å². The van der Waals surface area contributed by atoms with Gasteiger partial charge in [0.2, 0.25) is 5.91 Å². The Labute approximate surface area is 97.3 Å². The molecule has 0 saturated carbocycles. The second-order valence-corrected chi connectivity index (χ2v) is 4.87. The van der Waals surface area contributed by atoms with Gasteiger partial charge in [-0.15, -0.1) is 0 Å². The monoisotopic (exact) mass is 229 g/mol. The zero-order chi connectivity index (χ0) is 12.2. The SMILES string of the molecule is COC(C)(C)CCN1CCNCC1C(N)=O. The summed E-state index contributed by atoms with van der Waals surface area (Å²) in [5.41, 5.74) is 5.23. The molecule has 0 spiro atoms. The molecule has 1 aliphatic rings. The number of rotatable bonds is 5. The summed E-state index contributed by atoms with van der Waals surface area (Å²) in [6.45, 7) is 7.38. The molecule has 1 rings (SSSR count). The molecule has 0 aliphatic carbocycles. The van der Waals surface area contributed by atoms with Crippen LogP contribution in [0.3, 0.4) is 0 Å². The maximum absolute atomic E-state index is 11.3. The molecule has 0 bridgehead atoms. The minimum atomic E-state index is -0.248. The van der Waals surface area contributed by atoms with E-state index in [9.17, 15) is 4.79 Å². The van der Waals surface area contributed by atoms with Gasteiger partial charge < -0.3 is 15.8 Å². The Morgan fingerprint density at radius 2 is 2.31 bits per heavy atom. The van der Waals surface area contributed by atoms with E-state index in [1.165, 1.54) is 0 Å². The number of piperazine rings is 1. The van der Waals surface area contributed by atoms with Gasteiger partial charge in [-0.25, -0.2) is 0 Å². The fraction of sp³-hybridized carbons (Fsp3) is 0.909. The molecule has 1 saturated heterocycles. The Bertz CT molecular complexity index is 243. The molecule has 1 unspecified atom stereocenters. The number of hydrogen-bond acceptors (Lipinski definition) is 4. The summed E-state index contributed by atoms with van der Waals surface area (Å²) in [7, 11) is 1.71. The number of nitrogens with zero attached hydrogens (tertiary/aromatic N) is 1. The molecule has 94 valence electrons. The van der Waals surface area contributed by atoms with Crippen LogP contribution in [0, 0.1) is 0 Å². The van der Waals surface area contributed by atoms with Gasteiger partial charge in [0, 0.05) is 33.3 Å². The van der Waals surface area contributed by atoms with Crippen molar-refractivity contribution >= 4 is 5.91 Å². The third kappa shape index (κ3) is 3.73. The third-order valence-corrected chi connectivity index (χ3v) is 3.24. The average Bonchev–Trinajstić information content (AvgIpc) is 2.27. The maximum Gasteiger partial charge on any atom is 0.236 e. The predicted molar refractivity (Wildman–Crippen MR) is 63.1 cm³/mol. The predicted octanol–water partition coefficient (Wildman–Crippen LogP) is -0.439. The third-order valence-electron chi connectivity index (χ3n) is 3.24. The number of hydrogen-bond donors (Lipinski definition) is 2. The molecule has 1 aliphatic heterocycles. The molecule has 0 radical (unpaired) electrons. The maximum atomic E-state index is 11.3. The number of nitrogens with one attached hydrogen (secondary N) is 1. The highest BCUT2D eigenvalue weighted by Gasteiger charge is 2.28. The average molecular weight is 229 g/mol. The lowest BCUT2D eigenvalue weighted by Gasteiger charge is -2.36. The van der Waals surface area contributed by atoms with E-state index in [2.05, 4.69) is 24.1 Å². The molecular formula is C11H23N3O2. The number of carbonyl (C=O) groups is 1. The van der Waals surface area contributed by atoms with Crippen molar-refractivity contribution in [2.24, 2.45) is 5.73 Å². The van der Waals surface area contributed by atoms with Crippen LogP contribution in [0.2, 0.25) is 0 Å². The largest absolute Gasteiger partial charge is 0.379 e. The fourth-order valence-corrected chi connectivity index (χ4v) is 1.81. The standard InChI is InChI=1S/C11H23N3O2/c1-11(2,16-3)4-6-14-7-5-13-8-9(14)10(12)15/h9,13H,4-8H2,1-3H3,(H2,12,15). The van der Waals surface area contributed by atoms with Crippen LogP contribution in [0.5, 0.6) is 0 Å². The Hall–Kier alpha value is -0.650. The number of amides is 1. The second-order valence-electron chi connectivity index (χ2n) is 4.87. The molecule has 0 aromatic carbocycles. The number of primary amides is 1. The summed E-state index contributed by atoms with van der Waals surface area (Å²) in [6, 6.07) is -0.179. The fourth-order valence-electron chi connectivity index (χ4n) is 1.81. The molecule has 1 atom stereocenters. The van der Waals surface area contributed by atoms with Crippen molar-refractivity contribution < 1.29 is 9.53 Å². The van der Waals surface area contributed by atoms with Crippen molar-refractivity contribution in [2.75, 3.05) is 33.3 Å². The highest BCUT2D eigenvalue weighted by atomic mass is 16.5. The Morgan fingerprint density at radius 3 is 2.88 bits per heavy atom. The van der Waals surface area contributed by atoms with E-state index in [4.69, 9.17) is 10.5 Å². The zero-order valence-electron chi connectivity index (χ0n) is 10.5. The number of ether oxygens (including phenoxy) is 1. The summed E-state index contributed by atoms with van der Waals surface area (Å²) < 4.78 is 5.37. The summed E-state index contributed by atoms with van der Waals surface area (Å²) in [5.74, 6) is -0.248. The van der Waals surface area contributed by atoms with E-state index >= 15 is 0 Å². The van der Waals surface area contributed by atoms with E-state index in [-0.39, 0.29) is 17.6 Å². The molecule has 0 aromatic heterocycles. The molecule has 0 aromatic rings. The first-order chi connectivity index (χ1) is 7.46. The molecule has 1 heterocycles. The summed E-state index contributed by atoms with van der Waals surface area (Å²) in [5, 5.41) is 3.18. The number of methoxy groups -OCH3 is 1. The van der Waals surface area contributed by atoms with Gasteiger partial charge in [-0.2, -0.15) is 0 Å². The van der Waals surface area contributed by atoms with Gasteiger partial charge in [0.25, 0.3) is 0 Å². The van der Waals surface area contributed by atoms with Crippen molar-refractivity contribution in [3.8, 4) is 0 Å². The Morgan fingerprint density at radius 1 is 1.62 bits per heavy atom. The lowest BCUT2D eigenvalue weighted by atomic mass is 10.0. The van der Waals surface area contributed by atoms with E-state index in [1.54, 1.807) is 7.11 Å². The van der Waals surface area contributed by atoms with Gasteiger partial charge in [-0.1, -0.05) is 0 Å². The van der Waals surface area contributed by atoms with Gasteiger partial charge in [0.1, 0.15) is 6.04 Å². The van der Waals surface area contributed by atoms with Crippen LogP contribution >= 0.6 is 0 Å². The molecule has 5 nitrogen and oxygen atoms in total. The van der Waals surface area contributed by atoms with Crippen molar-refractivity contribution in [3.63, 3.8) is 0 Å². The van der Waals surface area contributed by atoms with E-state index in [0.29, 0.717) is 6.54 Å². The molecule has 3 N–H and O–H groups in total. The summed E-state index contributed by atoms with van der Waals surface area (Å²) in [6.07, 6.45) is 0.896. The van der Waals surface area contributed by atoms with Crippen LogP contribution in [0.4, 0.5) is 0 Å². The smallest absolute Gasteiger partial charge is 0.236 e. The highest BCUT2D eigenvalue weighted by molar-refractivity contribution is 5.80. The van der Waals surface area contributed by atoms with Gasteiger partial charge in [-0.05, 0) is 20.3 Å². The molecular weight excluding hydrogens is 206 g/mol. The lowest BCUT2D eigenvalue weighted by Crippen LogP contribution is -2.57. The first-order valence-corrected chi connectivity index (χ1v) is 5.75. The number of nitrogens with two attached hydrogens (primary N) is 1. The minimum absolute atomic E-state index is 0.146. The highest BCUT2D eigenvalue weighted by Crippen LogP contribution is 2.15. The normalized spacial score (nSPS) is 23.3. The van der Waals surface area contributed by atoms with Gasteiger partial charge in [0.05, 0.1) is 5.60 Å². The van der Waals surface area contributed by atoms with Crippen LogP contribution < -0.4 is 11.1 Å². The van der Waals surface area contributed by atoms with Crippen LogP contribution in [0.25, 0.3) is 0 Å². The van der Waals surface area contributed by atoms with Crippen LogP contribution in [0.1, 0.15) is 20.3 Å². The second kappa shape index (κ2) is 5.61. The topological polar surface area (TPSA) is 67.6 Å². The molecule has 1 amide bonds. The molecule has 16 heavy (non-hydrogen) atoms. The van der Waals surface area contributed by atoms with Crippen molar-refractivity contribution in [1.29, 1.82) is 0 Å². The van der Waals surface area contributed by atoms with Crippen LogP contribution in [-0.2, 0) is 9.53 Å². The van der Waals surface area contributed by atoms with Crippen LogP contribution in [0.15, 0.2) is 0 Å². The molecule has 5 heteroatoms.